The van der Waals surface area contributed by atoms with E-state index in [0.717, 1.165) is 18.4 Å². The summed E-state index contributed by atoms with van der Waals surface area (Å²) in [6.07, 6.45) is 1.75. The third-order valence-corrected chi connectivity index (χ3v) is 7.14. The van der Waals surface area contributed by atoms with Crippen LogP contribution in [0.25, 0.3) is 0 Å². The molecule has 28 heavy (non-hydrogen) atoms. The Labute approximate surface area is 168 Å². The molecule has 0 amide bonds. The summed E-state index contributed by atoms with van der Waals surface area (Å²) in [4.78, 5) is 14.8. The molecule has 0 radical (unpaired) electrons. The number of benzene rings is 2. The molecular weight excluding hydrogens is 372 g/mol. The summed E-state index contributed by atoms with van der Waals surface area (Å²) < 4.78 is 27.4. The molecule has 6 heteroatoms. The van der Waals surface area contributed by atoms with Gasteiger partial charge in [0.1, 0.15) is 0 Å². The number of hydrogen-bond acceptors (Lipinski definition) is 4. The van der Waals surface area contributed by atoms with Gasteiger partial charge in [-0.15, -0.1) is 0 Å². The third-order valence-electron chi connectivity index (χ3n) is 5.25. The van der Waals surface area contributed by atoms with Crippen molar-refractivity contribution in [2.75, 3.05) is 26.7 Å². The van der Waals surface area contributed by atoms with Gasteiger partial charge in [-0.1, -0.05) is 49.4 Å². The fourth-order valence-electron chi connectivity index (χ4n) is 3.49. The van der Waals surface area contributed by atoms with Crippen LogP contribution in [0.1, 0.15) is 35.7 Å². The maximum atomic E-state index is 12.9. The molecule has 150 valence electrons. The van der Waals surface area contributed by atoms with Gasteiger partial charge in [0.15, 0.2) is 5.78 Å². The molecule has 1 saturated heterocycles. The van der Waals surface area contributed by atoms with Crippen LogP contribution in [0.3, 0.4) is 0 Å². The number of carbonyl (C=O) groups is 1. The first kappa shape index (κ1) is 20.7. The largest absolute Gasteiger partial charge is 0.295 e. The molecule has 0 N–H and O–H groups in total. The van der Waals surface area contributed by atoms with E-state index in [0.29, 0.717) is 31.1 Å². The Morgan fingerprint density at radius 2 is 1.75 bits per heavy atom. The summed E-state index contributed by atoms with van der Waals surface area (Å²) in [6, 6.07) is 16.4. The maximum Gasteiger partial charge on any atom is 0.243 e. The van der Waals surface area contributed by atoms with Crippen molar-refractivity contribution in [2.24, 2.45) is 5.92 Å². The highest BCUT2D eigenvalue weighted by atomic mass is 32.2. The van der Waals surface area contributed by atoms with E-state index in [2.05, 4.69) is 6.92 Å². The number of sulfonamides is 1. The van der Waals surface area contributed by atoms with E-state index in [1.54, 1.807) is 18.2 Å². The minimum atomic E-state index is -3.55. The van der Waals surface area contributed by atoms with Gasteiger partial charge in [-0.05, 0) is 43.5 Å². The Balaban J connectivity index is 1.69. The van der Waals surface area contributed by atoms with E-state index in [4.69, 9.17) is 0 Å². The van der Waals surface area contributed by atoms with Crippen molar-refractivity contribution >= 4 is 15.8 Å². The van der Waals surface area contributed by atoms with Crippen LogP contribution in [0.4, 0.5) is 0 Å². The minimum absolute atomic E-state index is 0.0808. The number of piperidine rings is 1. The molecule has 1 aliphatic rings. The van der Waals surface area contributed by atoms with E-state index in [-0.39, 0.29) is 17.2 Å². The molecule has 0 saturated carbocycles. The van der Waals surface area contributed by atoms with Crippen LogP contribution in [-0.2, 0) is 16.6 Å². The lowest BCUT2D eigenvalue weighted by atomic mass is 10.0. The van der Waals surface area contributed by atoms with Crippen LogP contribution in [0.5, 0.6) is 0 Å². The molecule has 1 aliphatic heterocycles. The van der Waals surface area contributed by atoms with E-state index >= 15 is 0 Å². The van der Waals surface area contributed by atoms with Crippen molar-refractivity contribution in [2.45, 2.75) is 31.2 Å². The van der Waals surface area contributed by atoms with Crippen molar-refractivity contribution in [3.05, 3.63) is 65.7 Å². The number of nitrogens with zero attached hydrogens (tertiary/aromatic N) is 2. The SMILES string of the molecule is CC1CCN(S(=O)(=O)c2cccc(C(=O)CN(C)Cc3ccccc3)c2)CC1. The quantitative estimate of drug-likeness (QED) is 0.668. The molecule has 1 heterocycles. The van der Waals surface area contributed by atoms with Gasteiger partial charge >= 0.3 is 0 Å². The molecule has 0 bridgehead atoms. The van der Waals surface area contributed by atoms with Crippen LogP contribution < -0.4 is 0 Å². The first-order valence-electron chi connectivity index (χ1n) is 9.72. The molecule has 0 spiro atoms. The predicted octanol–water partition coefficient (Wildman–Crippen LogP) is 3.42. The summed E-state index contributed by atoms with van der Waals surface area (Å²) in [7, 11) is -1.66. The molecule has 0 unspecified atom stereocenters. The zero-order chi connectivity index (χ0) is 20.1. The van der Waals surface area contributed by atoms with Crippen molar-refractivity contribution in [1.82, 2.24) is 9.21 Å². The van der Waals surface area contributed by atoms with E-state index in [9.17, 15) is 13.2 Å². The molecule has 0 aromatic heterocycles. The van der Waals surface area contributed by atoms with Gasteiger partial charge in [0.25, 0.3) is 0 Å². The number of carbonyl (C=O) groups excluding carboxylic acids is 1. The second-order valence-corrected chi connectivity index (χ2v) is 9.63. The monoisotopic (exact) mass is 400 g/mol. The average molecular weight is 401 g/mol. The lowest BCUT2D eigenvalue weighted by molar-refractivity contribution is 0.0943. The maximum absolute atomic E-state index is 12.9. The van der Waals surface area contributed by atoms with Crippen molar-refractivity contribution < 1.29 is 13.2 Å². The highest BCUT2D eigenvalue weighted by Crippen LogP contribution is 2.24. The molecule has 5 nitrogen and oxygen atoms in total. The van der Waals surface area contributed by atoms with Gasteiger partial charge in [0.05, 0.1) is 11.4 Å². The van der Waals surface area contributed by atoms with Crippen LogP contribution >= 0.6 is 0 Å². The van der Waals surface area contributed by atoms with E-state index in [1.165, 1.54) is 10.4 Å². The summed E-state index contributed by atoms with van der Waals surface area (Å²) in [5.74, 6) is 0.474. The van der Waals surface area contributed by atoms with Crippen molar-refractivity contribution in [3.8, 4) is 0 Å². The second-order valence-electron chi connectivity index (χ2n) is 7.70. The zero-order valence-electron chi connectivity index (χ0n) is 16.5. The summed E-state index contributed by atoms with van der Waals surface area (Å²) in [5.41, 5.74) is 1.57. The van der Waals surface area contributed by atoms with Crippen LogP contribution in [0, 0.1) is 5.92 Å². The molecule has 1 fully saturated rings. The van der Waals surface area contributed by atoms with Crippen molar-refractivity contribution in [1.29, 1.82) is 0 Å². The molecule has 0 atom stereocenters. The van der Waals surface area contributed by atoms with E-state index in [1.807, 2.05) is 42.3 Å². The predicted molar refractivity (Wildman–Crippen MR) is 111 cm³/mol. The molecular formula is C22H28N2O3S. The van der Waals surface area contributed by atoms with Gasteiger partial charge < -0.3 is 0 Å². The zero-order valence-corrected chi connectivity index (χ0v) is 17.4. The fraction of sp³-hybridized carbons (Fsp3) is 0.409. The molecule has 2 aromatic rings. The van der Waals surface area contributed by atoms with Crippen molar-refractivity contribution in [3.63, 3.8) is 0 Å². The first-order chi connectivity index (χ1) is 13.4. The van der Waals surface area contributed by atoms with E-state index < -0.39 is 10.0 Å². The summed E-state index contributed by atoms with van der Waals surface area (Å²) >= 11 is 0. The second kappa shape index (κ2) is 8.99. The Morgan fingerprint density at radius 3 is 2.43 bits per heavy atom. The molecule has 2 aromatic carbocycles. The van der Waals surface area contributed by atoms with Crippen LogP contribution in [0.2, 0.25) is 0 Å². The molecule has 3 rings (SSSR count). The first-order valence-corrected chi connectivity index (χ1v) is 11.2. The van der Waals surface area contributed by atoms with Gasteiger partial charge in [0, 0.05) is 25.2 Å². The third kappa shape index (κ3) is 5.07. The molecule has 0 aliphatic carbocycles. The average Bonchev–Trinajstić information content (AvgIpc) is 2.69. The van der Waals surface area contributed by atoms with Gasteiger partial charge in [-0.3, -0.25) is 9.69 Å². The fourth-order valence-corrected chi connectivity index (χ4v) is 5.01. The Bertz CT molecular complexity index is 904. The standard InChI is InChI=1S/C22H28N2O3S/c1-18-11-13-24(14-12-18)28(26,27)21-10-6-9-20(15-21)22(25)17-23(2)16-19-7-4-3-5-8-19/h3-10,15,18H,11-14,16-17H2,1-2H3. The van der Waals surface area contributed by atoms with Crippen LogP contribution in [0.15, 0.2) is 59.5 Å². The minimum Gasteiger partial charge on any atom is -0.295 e. The highest BCUT2D eigenvalue weighted by molar-refractivity contribution is 7.89. The summed E-state index contributed by atoms with van der Waals surface area (Å²) in [6.45, 7) is 4.13. The summed E-state index contributed by atoms with van der Waals surface area (Å²) in [5, 5.41) is 0. The van der Waals surface area contributed by atoms with Gasteiger partial charge in [-0.2, -0.15) is 4.31 Å². The Morgan fingerprint density at radius 1 is 1.07 bits per heavy atom. The topological polar surface area (TPSA) is 57.7 Å². The number of Topliss-reactive ketones (excluding diaryl/α,β-unsaturated/α-hetero) is 1. The number of hydrogen-bond donors (Lipinski definition) is 0. The van der Waals surface area contributed by atoms with Gasteiger partial charge in [0.2, 0.25) is 10.0 Å². The number of likely N-dealkylation sites (N-methyl/N-ethyl adjacent to an activating group) is 1. The van der Waals surface area contributed by atoms with Gasteiger partial charge in [-0.25, -0.2) is 8.42 Å². The Kier molecular flexibility index (Phi) is 6.65. The lowest BCUT2D eigenvalue weighted by Gasteiger charge is -2.29. The lowest BCUT2D eigenvalue weighted by Crippen LogP contribution is -2.37. The normalized spacial score (nSPS) is 16.4. The number of rotatable bonds is 7. The highest BCUT2D eigenvalue weighted by Gasteiger charge is 2.28. The Hall–Kier alpha value is -2.02. The number of ketones is 1. The van der Waals surface area contributed by atoms with Crippen LogP contribution in [-0.4, -0.2) is 50.1 Å². The smallest absolute Gasteiger partial charge is 0.243 e.